The highest BCUT2D eigenvalue weighted by Crippen LogP contribution is 2.36. The van der Waals surface area contributed by atoms with Crippen molar-refractivity contribution in [3.63, 3.8) is 0 Å². The largest absolute Gasteiger partial charge is 0.353 e. The molecular formula is C23H16N6OS. The van der Waals surface area contributed by atoms with E-state index in [4.69, 9.17) is 0 Å². The maximum Gasteiger partial charge on any atom is 0.169 e. The maximum absolute atomic E-state index is 11.7. The number of fused-ring (bicyclic) bond motifs is 2. The first-order valence-corrected chi connectivity index (χ1v) is 10.6. The number of thiophene rings is 1. The van der Waals surface area contributed by atoms with Gasteiger partial charge in [-0.25, -0.2) is 0 Å². The molecule has 0 saturated heterocycles. The van der Waals surface area contributed by atoms with Crippen LogP contribution in [0, 0.1) is 0 Å². The Kier molecular flexibility index (Phi) is 3.87. The molecule has 0 spiro atoms. The zero-order valence-corrected chi connectivity index (χ0v) is 17.2. The molecule has 0 aliphatic heterocycles. The van der Waals surface area contributed by atoms with Gasteiger partial charge in [-0.05, 0) is 48.9 Å². The molecule has 0 fully saturated rings. The Hall–Kier alpha value is -4.04. The second-order valence-corrected chi connectivity index (χ2v) is 8.43. The maximum atomic E-state index is 11.7. The van der Waals surface area contributed by atoms with Gasteiger partial charge < -0.3 is 4.98 Å². The van der Waals surface area contributed by atoms with Crippen molar-refractivity contribution in [2.75, 3.05) is 0 Å². The minimum absolute atomic E-state index is 0.0644. The number of hydrogen-bond acceptors (Lipinski definition) is 5. The third-order valence-corrected chi connectivity index (χ3v) is 6.58. The minimum atomic E-state index is 0.0644. The summed E-state index contributed by atoms with van der Waals surface area (Å²) in [6, 6.07) is 14.0. The Morgan fingerprint density at radius 2 is 1.87 bits per heavy atom. The Balaban J connectivity index is 1.50. The molecule has 0 bridgehead atoms. The molecule has 6 rings (SSSR count). The van der Waals surface area contributed by atoms with E-state index in [1.807, 2.05) is 36.5 Å². The molecule has 0 aliphatic carbocycles. The molecule has 0 saturated carbocycles. The number of Topliss-reactive ketones (excluding diaryl/α,β-unsaturated/α-hetero) is 1. The van der Waals surface area contributed by atoms with E-state index in [0.29, 0.717) is 0 Å². The van der Waals surface area contributed by atoms with Crippen LogP contribution in [0.1, 0.15) is 16.6 Å². The van der Waals surface area contributed by atoms with Crippen molar-refractivity contribution >= 4 is 38.9 Å². The van der Waals surface area contributed by atoms with Crippen molar-refractivity contribution in [2.24, 2.45) is 0 Å². The zero-order valence-electron chi connectivity index (χ0n) is 16.4. The fraction of sp³-hybridized carbons (Fsp3) is 0.0435. The standard InChI is InChI=1S/C23H16N6OS/c1-12(30)20-4-5-21(31-20)23-16-9-19(27-17(16)6-7-24-23)22-15-8-13(14-10-25-26-11-14)2-3-18(15)28-29-22/h2-11,27H,1H3,(H,25,26)(H,28,29). The number of nitrogens with one attached hydrogen (secondary N) is 3. The second-order valence-electron chi connectivity index (χ2n) is 7.34. The van der Waals surface area contributed by atoms with Crippen LogP contribution in [0.25, 0.3) is 54.9 Å². The smallest absolute Gasteiger partial charge is 0.169 e. The van der Waals surface area contributed by atoms with Crippen LogP contribution in [-0.2, 0) is 0 Å². The van der Waals surface area contributed by atoms with Crippen molar-refractivity contribution < 1.29 is 4.79 Å². The van der Waals surface area contributed by atoms with Gasteiger partial charge in [0.15, 0.2) is 5.78 Å². The van der Waals surface area contributed by atoms with Crippen molar-refractivity contribution in [3.05, 3.63) is 65.9 Å². The Labute approximate surface area is 180 Å². The lowest BCUT2D eigenvalue weighted by Crippen LogP contribution is -1.83. The number of nitrogens with zero attached hydrogens (tertiary/aromatic N) is 3. The van der Waals surface area contributed by atoms with Crippen LogP contribution in [0.4, 0.5) is 0 Å². The Bertz CT molecular complexity index is 1570. The monoisotopic (exact) mass is 424 g/mol. The SMILES string of the molecule is CC(=O)c1ccc(-c2nccc3[nH]c(-c4n[nH]c5ccc(-c6cn[nH]c6)cc45)cc23)s1. The summed E-state index contributed by atoms with van der Waals surface area (Å²) in [6.07, 6.45) is 5.46. The first-order chi connectivity index (χ1) is 15.2. The van der Waals surface area contributed by atoms with Crippen molar-refractivity contribution in [2.45, 2.75) is 6.92 Å². The molecule has 5 heterocycles. The summed E-state index contributed by atoms with van der Waals surface area (Å²) in [5, 5.41) is 16.6. The van der Waals surface area contributed by atoms with Gasteiger partial charge in [-0.3, -0.25) is 20.0 Å². The third-order valence-electron chi connectivity index (χ3n) is 5.38. The van der Waals surface area contributed by atoms with Crippen molar-refractivity contribution in [1.29, 1.82) is 0 Å². The summed E-state index contributed by atoms with van der Waals surface area (Å²) >= 11 is 1.46. The number of ketones is 1. The number of pyridine rings is 1. The first kappa shape index (κ1) is 17.8. The summed E-state index contributed by atoms with van der Waals surface area (Å²) in [5.74, 6) is 0.0644. The molecule has 0 radical (unpaired) electrons. The molecule has 1 aromatic carbocycles. The number of carbonyl (C=O) groups excluding carboxylic acids is 1. The third kappa shape index (κ3) is 2.88. The molecule has 0 unspecified atom stereocenters. The van der Waals surface area contributed by atoms with E-state index in [0.717, 1.165) is 59.8 Å². The van der Waals surface area contributed by atoms with Crippen LogP contribution in [0.3, 0.4) is 0 Å². The van der Waals surface area contributed by atoms with Gasteiger partial charge in [0.2, 0.25) is 0 Å². The van der Waals surface area contributed by atoms with Gasteiger partial charge in [-0.2, -0.15) is 10.2 Å². The Morgan fingerprint density at radius 1 is 0.968 bits per heavy atom. The van der Waals surface area contributed by atoms with E-state index in [-0.39, 0.29) is 5.78 Å². The lowest BCUT2D eigenvalue weighted by Gasteiger charge is -1.99. The van der Waals surface area contributed by atoms with Crippen LogP contribution < -0.4 is 0 Å². The summed E-state index contributed by atoms with van der Waals surface area (Å²) in [4.78, 5) is 21.5. The highest BCUT2D eigenvalue weighted by Gasteiger charge is 2.16. The average Bonchev–Trinajstić information content (AvgIpc) is 3.58. The fourth-order valence-corrected chi connectivity index (χ4v) is 4.75. The predicted molar refractivity (Wildman–Crippen MR) is 122 cm³/mol. The van der Waals surface area contributed by atoms with Crippen molar-refractivity contribution in [1.82, 2.24) is 30.4 Å². The lowest BCUT2D eigenvalue weighted by molar-refractivity contribution is 0.102. The topological polar surface area (TPSA) is 103 Å². The number of benzene rings is 1. The van der Waals surface area contributed by atoms with Gasteiger partial charge in [-0.15, -0.1) is 11.3 Å². The molecule has 3 N–H and O–H groups in total. The average molecular weight is 424 g/mol. The quantitative estimate of drug-likeness (QED) is 0.328. The molecule has 31 heavy (non-hydrogen) atoms. The van der Waals surface area contributed by atoms with E-state index in [9.17, 15) is 4.79 Å². The molecular weight excluding hydrogens is 408 g/mol. The van der Waals surface area contributed by atoms with Gasteiger partial charge in [0, 0.05) is 34.2 Å². The predicted octanol–water partition coefficient (Wildman–Crippen LogP) is 5.43. The zero-order chi connectivity index (χ0) is 20.9. The van der Waals surface area contributed by atoms with Crippen molar-refractivity contribution in [3.8, 4) is 33.1 Å². The normalized spacial score (nSPS) is 11.5. The molecule has 8 heteroatoms. The van der Waals surface area contributed by atoms with E-state index >= 15 is 0 Å². The minimum Gasteiger partial charge on any atom is -0.353 e. The molecule has 0 atom stereocenters. The number of hydrogen-bond donors (Lipinski definition) is 3. The number of carbonyl (C=O) groups is 1. The summed E-state index contributed by atoms with van der Waals surface area (Å²) in [7, 11) is 0. The van der Waals surface area contributed by atoms with Gasteiger partial charge in [0.25, 0.3) is 0 Å². The van der Waals surface area contributed by atoms with E-state index in [1.165, 1.54) is 11.3 Å². The number of rotatable bonds is 4. The lowest BCUT2D eigenvalue weighted by atomic mass is 10.1. The summed E-state index contributed by atoms with van der Waals surface area (Å²) in [6.45, 7) is 1.58. The molecule has 6 aromatic rings. The summed E-state index contributed by atoms with van der Waals surface area (Å²) in [5.41, 5.74) is 6.63. The number of aromatic nitrogens is 6. The highest BCUT2D eigenvalue weighted by atomic mass is 32.1. The molecule has 7 nitrogen and oxygen atoms in total. The van der Waals surface area contributed by atoms with E-state index in [1.54, 1.807) is 19.3 Å². The fourth-order valence-electron chi connectivity index (χ4n) is 3.84. The van der Waals surface area contributed by atoms with E-state index < -0.39 is 0 Å². The molecule has 5 aromatic heterocycles. The van der Waals surface area contributed by atoms with Crippen LogP contribution in [0.15, 0.2) is 61.1 Å². The van der Waals surface area contributed by atoms with Crippen LogP contribution >= 0.6 is 11.3 Å². The number of aromatic amines is 3. The van der Waals surface area contributed by atoms with Crippen LogP contribution in [0.5, 0.6) is 0 Å². The van der Waals surface area contributed by atoms with Gasteiger partial charge in [0.1, 0.15) is 5.69 Å². The molecule has 150 valence electrons. The second kappa shape index (κ2) is 6.75. The van der Waals surface area contributed by atoms with Gasteiger partial charge >= 0.3 is 0 Å². The number of H-pyrrole nitrogens is 3. The summed E-state index contributed by atoms with van der Waals surface area (Å²) < 4.78 is 0. The van der Waals surface area contributed by atoms with Gasteiger partial charge in [0.05, 0.1) is 32.9 Å². The van der Waals surface area contributed by atoms with Gasteiger partial charge in [-0.1, -0.05) is 6.07 Å². The Morgan fingerprint density at radius 3 is 2.68 bits per heavy atom. The van der Waals surface area contributed by atoms with Crippen LogP contribution in [-0.4, -0.2) is 36.1 Å². The molecule has 0 aliphatic rings. The molecule has 0 amide bonds. The highest BCUT2D eigenvalue weighted by molar-refractivity contribution is 7.17. The van der Waals surface area contributed by atoms with Crippen LogP contribution in [0.2, 0.25) is 0 Å². The van der Waals surface area contributed by atoms with E-state index in [2.05, 4.69) is 42.5 Å². The first-order valence-electron chi connectivity index (χ1n) is 9.74.